The molecule has 10 heteroatoms. The Labute approximate surface area is 215 Å². The van der Waals surface area contributed by atoms with Crippen molar-refractivity contribution < 1.29 is 32.6 Å². The monoisotopic (exact) mass is 530 g/mol. The first kappa shape index (κ1) is 27.3. The van der Waals surface area contributed by atoms with E-state index < -0.39 is 25.7 Å². The highest BCUT2D eigenvalue weighted by Gasteiger charge is 2.38. The number of methoxy groups -OCH3 is 1. The van der Waals surface area contributed by atoms with Crippen LogP contribution in [0.15, 0.2) is 55.6 Å². The zero-order chi connectivity index (χ0) is 26.8. The average molecular weight is 531 g/mol. The largest absolute Gasteiger partial charge is 0.544 e. The third kappa shape index (κ3) is 6.11. The van der Waals surface area contributed by atoms with E-state index in [4.69, 9.17) is 23.1 Å². The first-order valence-electron chi connectivity index (χ1n) is 11.2. The van der Waals surface area contributed by atoms with E-state index in [9.17, 15) is 14.4 Å². The topological polar surface area (TPSA) is 101 Å². The molecule has 0 aliphatic heterocycles. The Kier molecular flexibility index (Phi) is 7.90. The van der Waals surface area contributed by atoms with Crippen molar-refractivity contribution in [3.8, 4) is 23.0 Å². The molecule has 0 saturated heterocycles. The van der Waals surface area contributed by atoms with Crippen LogP contribution < -0.4 is 24.1 Å². The van der Waals surface area contributed by atoms with Crippen LogP contribution in [-0.2, 0) is 9.59 Å². The maximum Gasteiger partial charge on any atom is 0.308 e. The molecule has 3 rings (SSSR count). The molecule has 0 spiro atoms. The highest BCUT2D eigenvalue weighted by molar-refractivity contribution is 7.99. The molecule has 0 bridgehead atoms. The van der Waals surface area contributed by atoms with Gasteiger partial charge in [-0.05, 0) is 42.4 Å². The Hall–Kier alpha value is -3.24. The van der Waals surface area contributed by atoms with Gasteiger partial charge in [0.1, 0.15) is 16.7 Å². The van der Waals surface area contributed by atoms with Crippen LogP contribution in [0, 0.1) is 0 Å². The van der Waals surface area contributed by atoms with E-state index in [1.54, 1.807) is 0 Å². The van der Waals surface area contributed by atoms with Gasteiger partial charge in [0.25, 0.3) is 0 Å². The van der Waals surface area contributed by atoms with Crippen LogP contribution in [0.25, 0.3) is 11.0 Å². The van der Waals surface area contributed by atoms with Gasteiger partial charge in [-0.3, -0.25) is 14.4 Å². The van der Waals surface area contributed by atoms with Gasteiger partial charge in [0.15, 0.2) is 22.0 Å². The molecule has 8 nitrogen and oxygen atoms in total. The highest BCUT2D eigenvalue weighted by Crippen LogP contribution is 2.44. The molecule has 0 aliphatic rings. The van der Waals surface area contributed by atoms with E-state index in [1.165, 1.54) is 44.9 Å². The number of hydrogen-bond donors (Lipinski definition) is 0. The molecule has 0 amide bonds. The molecule has 1 heterocycles. The van der Waals surface area contributed by atoms with E-state index in [0.29, 0.717) is 5.09 Å². The number of carbonyl (C=O) groups is 2. The fourth-order valence-corrected chi connectivity index (χ4v) is 4.91. The van der Waals surface area contributed by atoms with Crippen molar-refractivity contribution >= 4 is 43.0 Å². The molecule has 0 radical (unpaired) electrons. The summed E-state index contributed by atoms with van der Waals surface area (Å²) >= 11 is 1.24. The molecule has 0 aliphatic carbocycles. The smallest absolute Gasteiger partial charge is 0.308 e. The average Bonchev–Trinajstić information content (AvgIpc) is 2.73. The molecule has 0 saturated carbocycles. The van der Waals surface area contributed by atoms with Crippen molar-refractivity contribution in [3.05, 3.63) is 46.6 Å². The summed E-state index contributed by atoms with van der Waals surface area (Å²) in [5.74, 6) is -0.767. The van der Waals surface area contributed by atoms with Gasteiger partial charge < -0.3 is 23.1 Å². The van der Waals surface area contributed by atoms with Crippen molar-refractivity contribution in [2.24, 2.45) is 0 Å². The van der Waals surface area contributed by atoms with Crippen molar-refractivity contribution in [2.75, 3.05) is 7.11 Å². The summed E-state index contributed by atoms with van der Waals surface area (Å²) in [6, 6.07) is 10.2. The summed E-state index contributed by atoms with van der Waals surface area (Å²) in [7, 11) is -0.655. The van der Waals surface area contributed by atoms with Crippen molar-refractivity contribution in [1.82, 2.24) is 0 Å². The van der Waals surface area contributed by atoms with E-state index in [-0.39, 0.29) is 33.3 Å². The van der Waals surface area contributed by atoms with Gasteiger partial charge in [-0.2, -0.15) is 0 Å². The summed E-state index contributed by atoms with van der Waals surface area (Å²) in [5.41, 5.74) is -0.364. The molecule has 0 atom stereocenters. The lowest BCUT2D eigenvalue weighted by Gasteiger charge is -2.36. The van der Waals surface area contributed by atoms with Crippen molar-refractivity contribution in [1.29, 1.82) is 0 Å². The Balaban J connectivity index is 2.00. The van der Waals surface area contributed by atoms with Gasteiger partial charge >= 0.3 is 11.9 Å². The van der Waals surface area contributed by atoms with Crippen molar-refractivity contribution in [3.63, 3.8) is 0 Å². The molecule has 3 aromatic rings. The quantitative estimate of drug-likeness (QED) is 0.201. The lowest BCUT2D eigenvalue weighted by Crippen LogP contribution is -2.43. The minimum atomic E-state index is -1.97. The molecule has 192 valence electrons. The summed E-state index contributed by atoms with van der Waals surface area (Å²) in [4.78, 5) is 37.2. The SMILES string of the molecule is COc1c(OC(C)=O)cc2oc(Sc3ccc(O[Si](C)(C)C(C)(C)C)cc3)cc(=O)c2c1OC(C)=O. The standard InChI is InChI=1S/C26H30O8SSi/c1-15(27)31-21-14-20-23(25(24(21)30-6)32-16(2)28)19(29)13-22(33-20)35-18-11-9-17(10-12-18)34-36(7,8)26(3,4)5/h9-14H,1-8H3. The number of carbonyl (C=O) groups excluding carboxylic acids is 2. The fourth-order valence-electron chi connectivity index (χ4n) is 3.08. The zero-order valence-corrected chi connectivity index (χ0v) is 23.5. The second-order valence-electron chi connectivity index (χ2n) is 9.66. The van der Waals surface area contributed by atoms with Crippen LogP contribution in [-0.4, -0.2) is 27.4 Å². The van der Waals surface area contributed by atoms with Gasteiger partial charge in [-0.25, -0.2) is 0 Å². The third-order valence-electron chi connectivity index (χ3n) is 5.80. The predicted molar refractivity (Wildman–Crippen MR) is 140 cm³/mol. The van der Waals surface area contributed by atoms with E-state index in [0.717, 1.165) is 10.6 Å². The Morgan fingerprint density at radius 1 is 0.944 bits per heavy atom. The van der Waals surface area contributed by atoms with Gasteiger partial charge in [-0.1, -0.05) is 32.5 Å². The summed E-state index contributed by atoms with van der Waals surface area (Å²) in [5, 5.41) is 0.381. The fraction of sp³-hybridized carbons (Fsp3) is 0.346. The number of rotatable bonds is 7. The molecule has 2 aromatic carbocycles. The van der Waals surface area contributed by atoms with Crippen LogP contribution in [0.2, 0.25) is 18.1 Å². The lowest BCUT2D eigenvalue weighted by molar-refractivity contribution is -0.132. The van der Waals surface area contributed by atoms with Crippen LogP contribution >= 0.6 is 11.8 Å². The van der Waals surface area contributed by atoms with Crippen LogP contribution in [0.1, 0.15) is 34.6 Å². The number of fused-ring (bicyclic) bond motifs is 1. The Morgan fingerprint density at radius 2 is 1.56 bits per heavy atom. The molecule has 1 aromatic heterocycles. The molecule has 36 heavy (non-hydrogen) atoms. The zero-order valence-electron chi connectivity index (χ0n) is 21.6. The first-order chi connectivity index (χ1) is 16.7. The minimum absolute atomic E-state index is 0.000389. The summed E-state index contributed by atoms with van der Waals surface area (Å²) in [6.45, 7) is 13.3. The second-order valence-corrected chi connectivity index (χ2v) is 15.5. The highest BCUT2D eigenvalue weighted by atomic mass is 32.2. The molecular formula is C26H30O8SSi. The van der Waals surface area contributed by atoms with Gasteiger partial charge in [0, 0.05) is 30.9 Å². The van der Waals surface area contributed by atoms with Gasteiger partial charge in [-0.15, -0.1) is 0 Å². The Bertz CT molecular complexity index is 1350. The van der Waals surface area contributed by atoms with Crippen LogP contribution in [0.3, 0.4) is 0 Å². The van der Waals surface area contributed by atoms with Crippen molar-refractivity contribution in [2.45, 2.75) is 62.7 Å². The lowest BCUT2D eigenvalue weighted by atomic mass is 10.2. The van der Waals surface area contributed by atoms with Gasteiger partial charge in [0.2, 0.25) is 14.1 Å². The molecule has 0 unspecified atom stereocenters. The molecular weight excluding hydrogens is 500 g/mol. The Morgan fingerprint density at radius 3 is 2.08 bits per heavy atom. The minimum Gasteiger partial charge on any atom is -0.544 e. The maximum absolute atomic E-state index is 13.1. The third-order valence-corrected chi connectivity index (χ3v) is 11.1. The summed E-state index contributed by atoms with van der Waals surface area (Å²) in [6.07, 6.45) is 0. The van der Waals surface area contributed by atoms with Crippen LogP contribution in [0.5, 0.6) is 23.0 Å². The number of ether oxygens (including phenoxy) is 3. The number of esters is 2. The molecule has 0 fully saturated rings. The van der Waals surface area contributed by atoms with Crippen LogP contribution in [0.4, 0.5) is 0 Å². The molecule has 0 N–H and O–H groups in total. The normalized spacial score (nSPS) is 11.8. The van der Waals surface area contributed by atoms with E-state index in [2.05, 4.69) is 33.9 Å². The number of benzene rings is 2. The van der Waals surface area contributed by atoms with Gasteiger partial charge in [0.05, 0.1) is 7.11 Å². The second kappa shape index (κ2) is 10.4. The first-order valence-corrected chi connectivity index (χ1v) is 15.0. The summed E-state index contributed by atoms with van der Waals surface area (Å²) < 4.78 is 28.0. The maximum atomic E-state index is 13.1. The van der Waals surface area contributed by atoms with E-state index >= 15 is 0 Å². The van der Waals surface area contributed by atoms with E-state index in [1.807, 2.05) is 24.3 Å². The predicted octanol–water partition coefficient (Wildman–Crippen LogP) is 6.19. The number of hydrogen-bond acceptors (Lipinski definition) is 9.